The zero-order valence-electron chi connectivity index (χ0n) is 17.1. The molecule has 3 nitrogen and oxygen atoms in total. The Bertz CT molecular complexity index is 1100. The second-order valence-corrected chi connectivity index (χ2v) is 10.4. The lowest BCUT2D eigenvalue weighted by molar-refractivity contribution is 0.327. The standard InChI is InChI=1S/C24H22Cl3N3S/c1-16-5-8-20(31-16)14-29-10-9-19(13-29)30(15-21-22(25)3-2-4-23(21)26)18-7-6-17(12-28)24(27)11-18/h2-8,11,19H,9-10,13-15H2,1H3/t19-/m0/s1. The molecule has 0 saturated carbocycles. The SMILES string of the molecule is Cc1ccc(CN2CC[C@H](N(Cc3c(Cl)cccc3Cl)c3ccc(C#N)c(Cl)c3)C2)s1. The lowest BCUT2D eigenvalue weighted by Gasteiger charge is -2.32. The highest BCUT2D eigenvalue weighted by molar-refractivity contribution is 7.11. The highest BCUT2D eigenvalue weighted by Gasteiger charge is 2.29. The number of hydrogen-bond donors (Lipinski definition) is 0. The Morgan fingerprint density at radius 3 is 2.52 bits per heavy atom. The molecule has 0 aliphatic carbocycles. The van der Waals surface area contributed by atoms with Crippen molar-refractivity contribution in [2.45, 2.75) is 32.5 Å². The molecule has 1 fully saturated rings. The fourth-order valence-electron chi connectivity index (χ4n) is 4.06. The van der Waals surface area contributed by atoms with Crippen LogP contribution in [0.4, 0.5) is 5.69 Å². The van der Waals surface area contributed by atoms with Crippen LogP contribution in [0, 0.1) is 18.3 Å². The van der Waals surface area contributed by atoms with Crippen LogP contribution in [0.5, 0.6) is 0 Å². The first-order valence-electron chi connectivity index (χ1n) is 10.1. The van der Waals surface area contributed by atoms with Gasteiger partial charge in [0.15, 0.2) is 0 Å². The van der Waals surface area contributed by atoms with Crippen molar-refractivity contribution in [1.29, 1.82) is 5.26 Å². The largest absolute Gasteiger partial charge is 0.363 e. The van der Waals surface area contributed by atoms with Gasteiger partial charge in [0, 0.05) is 63.3 Å². The predicted octanol–water partition coefficient (Wildman–Crippen LogP) is 7.17. The van der Waals surface area contributed by atoms with E-state index in [-0.39, 0.29) is 6.04 Å². The van der Waals surface area contributed by atoms with E-state index < -0.39 is 0 Å². The molecule has 7 heteroatoms. The lowest BCUT2D eigenvalue weighted by Crippen LogP contribution is -2.37. The summed E-state index contributed by atoms with van der Waals surface area (Å²) in [6.45, 7) is 5.65. The van der Waals surface area contributed by atoms with E-state index in [2.05, 4.69) is 34.9 Å². The van der Waals surface area contributed by atoms with Gasteiger partial charge in [0.1, 0.15) is 6.07 Å². The van der Waals surface area contributed by atoms with Gasteiger partial charge >= 0.3 is 0 Å². The number of thiophene rings is 1. The van der Waals surface area contributed by atoms with Crippen LogP contribution in [-0.4, -0.2) is 24.0 Å². The first-order valence-corrected chi connectivity index (χ1v) is 12.1. The molecule has 0 bridgehead atoms. The number of aryl methyl sites for hydroxylation is 1. The molecule has 4 rings (SSSR count). The van der Waals surface area contributed by atoms with Crippen molar-refractivity contribution in [3.05, 3.63) is 84.5 Å². The van der Waals surface area contributed by atoms with Gasteiger partial charge in [0.2, 0.25) is 0 Å². The summed E-state index contributed by atoms with van der Waals surface area (Å²) in [7, 11) is 0. The zero-order valence-corrected chi connectivity index (χ0v) is 20.2. The minimum atomic E-state index is 0.289. The van der Waals surface area contributed by atoms with Gasteiger partial charge in [-0.15, -0.1) is 11.3 Å². The number of rotatable bonds is 6. The summed E-state index contributed by atoms with van der Waals surface area (Å²) in [5, 5.41) is 11.0. The number of hydrogen-bond acceptors (Lipinski definition) is 4. The molecule has 2 aromatic carbocycles. The van der Waals surface area contributed by atoms with E-state index in [0.29, 0.717) is 27.2 Å². The second-order valence-electron chi connectivity index (χ2n) is 7.79. The Morgan fingerprint density at radius 1 is 1.10 bits per heavy atom. The number of benzene rings is 2. The molecule has 1 saturated heterocycles. The lowest BCUT2D eigenvalue weighted by atomic mass is 10.1. The maximum Gasteiger partial charge on any atom is 0.101 e. The van der Waals surface area contributed by atoms with E-state index in [1.807, 2.05) is 41.7 Å². The van der Waals surface area contributed by atoms with Crippen LogP contribution in [0.25, 0.3) is 0 Å². The Labute approximate surface area is 202 Å². The molecule has 0 spiro atoms. The summed E-state index contributed by atoms with van der Waals surface area (Å²) in [4.78, 5) is 7.54. The van der Waals surface area contributed by atoms with Gasteiger partial charge in [0.05, 0.1) is 10.6 Å². The second kappa shape index (κ2) is 9.81. The average Bonchev–Trinajstić information content (AvgIpc) is 3.37. The molecule has 31 heavy (non-hydrogen) atoms. The molecule has 0 amide bonds. The maximum atomic E-state index is 9.26. The average molecular weight is 491 g/mol. The monoisotopic (exact) mass is 489 g/mol. The van der Waals surface area contributed by atoms with Crippen LogP contribution in [-0.2, 0) is 13.1 Å². The molecule has 1 aliphatic heterocycles. The van der Waals surface area contributed by atoms with Gasteiger partial charge < -0.3 is 4.90 Å². The molecule has 1 aliphatic rings. The first-order chi connectivity index (χ1) is 14.9. The molecular weight excluding hydrogens is 469 g/mol. The van der Waals surface area contributed by atoms with E-state index in [9.17, 15) is 5.26 Å². The zero-order chi connectivity index (χ0) is 22.0. The summed E-state index contributed by atoms with van der Waals surface area (Å²) in [5.41, 5.74) is 2.35. The Kier molecular flexibility index (Phi) is 7.11. The number of halogens is 3. The Balaban J connectivity index is 1.61. The van der Waals surface area contributed by atoms with E-state index in [4.69, 9.17) is 34.8 Å². The van der Waals surface area contributed by atoms with Gasteiger partial charge in [0.25, 0.3) is 0 Å². The summed E-state index contributed by atoms with van der Waals surface area (Å²) < 4.78 is 0. The van der Waals surface area contributed by atoms with Crippen molar-refractivity contribution in [3.8, 4) is 6.07 Å². The normalized spacial score (nSPS) is 16.4. The minimum Gasteiger partial charge on any atom is -0.363 e. The number of nitrogens with zero attached hydrogens (tertiary/aromatic N) is 3. The summed E-state index contributed by atoms with van der Waals surface area (Å²) in [5.74, 6) is 0. The van der Waals surface area contributed by atoms with Crippen molar-refractivity contribution >= 4 is 51.8 Å². The molecule has 1 atom stereocenters. The van der Waals surface area contributed by atoms with E-state index in [0.717, 1.165) is 37.3 Å². The van der Waals surface area contributed by atoms with E-state index in [1.54, 1.807) is 6.07 Å². The molecule has 160 valence electrons. The smallest absolute Gasteiger partial charge is 0.101 e. The van der Waals surface area contributed by atoms with Crippen LogP contribution >= 0.6 is 46.1 Å². The fourth-order valence-corrected chi connectivity index (χ4v) is 5.73. The van der Waals surface area contributed by atoms with Crippen LogP contribution in [0.1, 0.15) is 27.3 Å². The predicted molar refractivity (Wildman–Crippen MR) is 132 cm³/mol. The molecule has 3 aromatic rings. The van der Waals surface area contributed by atoms with Crippen molar-refractivity contribution in [3.63, 3.8) is 0 Å². The molecule has 0 radical (unpaired) electrons. The number of likely N-dealkylation sites (tertiary alicyclic amines) is 1. The molecule has 2 heterocycles. The van der Waals surface area contributed by atoms with Crippen LogP contribution in [0.2, 0.25) is 15.1 Å². The highest BCUT2D eigenvalue weighted by atomic mass is 35.5. The topological polar surface area (TPSA) is 30.3 Å². The van der Waals surface area contributed by atoms with Crippen molar-refractivity contribution < 1.29 is 0 Å². The number of nitriles is 1. The third-order valence-electron chi connectivity index (χ3n) is 5.66. The van der Waals surface area contributed by atoms with Crippen molar-refractivity contribution in [2.24, 2.45) is 0 Å². The Hall–Kier alpha value is -1.74. The highest BCUT2D eigenvalue weighted by Crippen LogP contribution is 2.33. The maximum absolute atomic E-state index is 9.26. The molecule has 0 unspecified atom stereocenters. The van der Waals surface area contributed by atoms with Crippen LogP contribution in [0.3, 0.4) is 0 Å². The quantitative estimate of drug-likeness (QED) is 0.367. The van der Waals surface area contributed by atoms with E-state index in [1.165, 1.54) is 9.75 Å². The summed E-state index contributed by atoms with van der Waals surface area (Å²) >= 11 is 21.2. The molecule has 1 aromatic heterocycles. The minimum absolute atomic E-state index is 0.289. The summed E-state index contributed by atoms with van der Waals surface area (Å²) in [6, 6.07) is 18.0. The molecular formula is C24H22Cl3N3S. The Morgan fingerprint density at radius 2 is 1.87 bits per heavy atom. The van der Waals surface area contributed by atoms with Gasteiger partial charge in [-0.1, -0.05) is 40.9 Å². The third kappa shape index (κ3) is 5.19. The molecule has 0 N–H and O–H groups in total. The summed E-state index contributed by atoms with van der Waals surface area (Å²) in [6.07, 6.45) is 1.03. The van der Waals surface area contributed by atoms with Gasteiger partial charge in [-0.2, -0.15) is 5.26 Å². The third-order valence-corrected chi connectivity index (χ3v) is 7.67. The van der Waals surface area contributed by atoms with E-state index >= 15 is 0 Å². The van der Waals surface area contributed by atoms with Crippen LogP contribution < -0.4 is 4.90 Å². The van der Waals surface area contributed by atoms with Crippen molar-refractivity contribution in [1.82, 2.24) is 4.90 Å². The van der Waals surface area contributed by atoms with Gasteiger partial charge in [-0.3, -0.25) is 4.90 Å². The number of anilines is 1. The van der Waals surface area contributed by atoms with Gasteiger partial charge in [-0.25, -0.2) is 0 Å². The van der Waals surface area contributed by atoms with Gasteiger partial charge in [-0.05, 0) is 55.8 Å². The first kappa shape index (κ1) is 22.5. The van der Waals surface area contributed by atoms with Crippen LogP contribution in [0.15, 0.2) is 48.5 Å². The van der Waals surface area contributed by atoms with Crippen molar-refractivity contribution in [2.75, 3.05) is 18.0 Å². The fraction of sp³-hybridized carbons (Fsp3) is 0.292.